The number of thioether (sulfide) groups is 1. The van der Waals surface area contributed by atoms with E-state index in [2.05, 4.69) is 17.4 Å². The Labute approximate surface area is 164 Å². The van der Waals surface area contributed by atoms with Gasteiger partial charge in [-0.2, -0.15) is 0 Å². The van der Waals surface area contributed by atoms with Crippen molar-refractivity contribution in [2.24, 2.45) is 0 Å². The smallest absolute Gasteiger partial charge is 0.255 e. The minimum atomic E-state index is -0.116. The fraction of sp³-hybridized carbons (Fsp3) is 0.174. The fourth-order valence-corrected chi connectivity index (χ4v) is 3.36. The average molecular weight is 378 g/mol. The van der Waals surface area contributed by atoms with Gasteiger partial charge < -0.3 is 10.1 Å². The molecule has 0 aromatic heterocycles. The molecule has 0 fully saturated rings. The van der Waals surface area contributed by atoms with E-state index in [-0.39, 0.29) is 5.91 Å². The second-order valence-corrected chi connectivity index (χ2v) is 7.48. The Kier molecular flexibility index (Phi) is 6.55. The summed E-state index contributed by atoms with van der Waals surface area (Å²) in [6.07, 6.45) is 0. The third-order valence-corrected chi connectivity index (χ3v) is 5.10. The highest BCUT2D eigenvalue weighted by molar-refractivity contribution is 7.99. The van der Waals surface area contributed by atoms with E-state index in [1.165, 1.54) is 4.90 Å². The highest BCUT2D eigenvalue weighted by Gasteiger charge is 2.08. The van der Waals surface area contributed by atoms with Gasteiger partial charge in [0.2, 0.25) is 0 Å². The van der Waals surface area contributed by atoms with Crippen LogP contribution in [0.3, 0.4) is 0 Å². The topological polar surface area (TPSA) is 38.3 Å². The molecule has 3 nitrogen and oxygen atoms in total. The normalized spacial score (nSPS) is 10.4. The van der Waals surface area contributed by atoms with Crippen LogP contribution in [0.2, 0.25) is 0 Å². The van der Waals surface area contributed by atoms with Crippen LogP contribution in [0, 0.1) is 13.8 Å². The highest BCUT2D eigenvalue weighted by atomic mass is 32.2. The third-order valence-electron chi connectivity index (χ3n) is 4.12. The lowest BCUT2D eigenvalue weighted by Gasteiger charge is -2.10. The predicted octanol–water partition coefficient (Wildman–Crippen LogP) is 5.73. The number of anilines is 1. The lowest BCUT2D eigenvalue weighted by molar-refractivity contribution is 0.102. The van der Waals surface area contributed by atoms with E-state index in [0.717, 1.165) is 28.3 Å². The molecule has 27 heavy (non-hydrogen) atoms. The summed E-state index contributed by atoms with van der Waals surface area (Å²) in [5.41, 5.74) is 3.62. The van der Waals surface area contributed by atoms with Gasteiger partial charge in [0.1, 0.15) is 5.75 Å². The van der Waals surface area contributed by atoms with Crippen molar-refractivity contribution in [3.05, 3.63) is 89.5 Å². The largest absolute Gasteiger partial charge is 0.493 e. The number of ether oxygens (including phenoxy) is 1. The van der Waals surface area contributed by atoms with Crippen LogP contribution in [-0.4, -0.2) is 18.3 Å². The molecule has 138 valence electrons. The van der Waals surface area contributed by atoms with E-state index in [1.807, 2.05) is 62.4 Å². The maximum Gasteiger partial charge on any atom is 0.255 e. The van der Waals surface area contributed by atoms with E-state index in [9.17, 15) is 4.79 Å². The fourth-order valence-electron chi connectivity index (χ4n) is 2.60. The molecule has 0 aliphatic heterocycles. The molecule has 4 heteroatoms. The number of carbonyl (C=O) groups excluding carboxylic acids is 1. The van der Waals surface area contributed by atoms with E-state index in [1.54, 1.807) is 23.9 Å². The molecular formula is C23H23NO2S. The zero-order valence-corrected chi connectivity index (χ0v) is 16.4. The third kappa shape index (κ3) is 5.63. The maximum atomic E-state index is 12.5. The van der Waals surface area contributed by atoms with Crippen molar-refractivity contribution in [3.63, 3.8) is 0 Å². The van der Waals surface area contributed by atoms with Crippen LogP contribution in [0.5, 0.6) is 5.75 Å². The van der Waals surface area contributed by atoms with Crippen molar-refractivity contribution in [2.75, 3.05) is 17.7 Å². The minimum absolute atomic E-state index is 0.116. The molecule has 3 aromatic rings. The molecule has 0 heterocycles. The molecule has 0 saturated heterocycles. The number of carbonyl (C=O) groups is 1. The summed E-state index contributed by atoms with van der Waals surface area (Å²) in [7, 11) is 0. The Bertz CT molecular complexity index is 892. The van der Waals surface area contributed by atoms with Crippen molar-refractivity contribution in [1.29, 1.82) is 0 Å². The first kappa shape index (κ1) is 19.1. The van der Waals surface area contributed by atoms with Crippen molar-refractivity contribution in [1.82, 2.24) is 0 Å². The second kappa shape index (κ2) is 9.28. The Morgan fingerprint density at radius 1 is 0.963 bits per heavy atom. The predicted molar refractivity (Wildman–Crippen MR) is 113 cm³/mol. The lowest BCUT2D eigenvalue weighted by Crippen LogP contribution is -2.12. The molecule has 3 rings (SSSR count). The Morgan fingerprint density at radius 3 is 2.44 bits per heavy atom. The van der Waals surface area contributed by atoms with Crippen molar-refractivity contribution >= 4 is 23.4 Å². The van der Waals surface area contributed by atoms with Gasteiger partial charge in [-0.3, -0.25) is 4.79 Å². The molecule has 0 aliphatic carbocycles. The maximum absolute atomic E-state index is 12.5. The van der Waals surface area contributed by atoms with Gasteiger partial charge >= 0.3 is 0 Å². The highest BCUT2D eigenvalue weighted by Crippen LogP contribution is 2.20. The van der Waals surface area contributed by atoms with E-state index in [0.29, 0.717) is 12.2 Å². The number of rotatable bonds is 7. The quantitative estimate of drug-likeness (QED) is 0.422. The van der Waals surface area contributed by atoms with Crippen LogP contribution in [0.25, 0.3) is 0 Å². The Morgan fingerprint density at radius 2 is 1.70 bits per heavy atom. The molecule has 0 bridgehead atoms. The molecule has 0 radical (unpaired) electrons. The molecular weight excluding hydrogens is 354 g/mol. The molecule has 0 atom stereocenters. The number of aryl methyl sites for hydroxylation is 2. The SMILES string of the molecule is Cc1ccc(C)c(NC(=O)c2ccc(OCCSc3ccccc3)cc2)c1. The van der Waals surface area contributed by atoms with Gasteiger partial charge in [-0.05, 0) is 67.4 Å². The van der Waals surface area contributed by atoms with Crippen LogP contribution in [0.1, 0.15) is 21.5 Å². The summed E-state index contributed by atoms with van der Waals surface area (Å²) < 4.78 is 5.76. The molecule has 3 aromatic carbocycles. The molecule has 1 amide bonds. The molecule has 0 spiro atoms. The number of hydrogen-bond acceptors (Lipinski definition) is 3. The number of nitrogens with one attached hydrogen (secondary N) is 1. The van der Waals surface area contributed by atoms with Gasteiger partial charge in [-0.15, -0.1) is 11.8 Å². The van der Waals surface area contributed by atoms with Gasteiger partial charge in [0.05, 0.1) is 6.61 Å². The summed E-state index contributed by atoms with van der Waals surface area (Å²) in [5, 5.41) is 2.97. The summed E-state index contributed by atoms with van der Waals surface area (Å²) in [5.74, 6) is 1.53. The molecule has 0 unspecified atom stereocenters. The summed E-state index contributed by atoms with van der Waals surface area (Å²) in [4.78, 5) is 13.7. The lowest BCUT2D eigenvalue weighted by atomic mass is 10.1. The Balaban J connectivity index is 1.50. The van der Waals surface area contributed by atoms with E-state index < -0.39 is 0 Å². The molecule has 0 saturated carbocycles. The van der Waals surface area contributed by atoms with E-state index >= 15 is 0 Å². The summed E-state index contributed by atoms with van der Waals surface area (Å²) in [6, 6.07) is 23.5. The minimum Gasteiger partial charge on any atom is -0.493 e. The van der Waals surface area contributed by atoms with Gasteiger partial charge in [-0.25, -0.2) is 0 Å². The summed E-state index contributed by atoms with van der Waals surface area (Å²) >= 11 is 1.76. The van der Waals surface area contributed by atoms with Crippen LogP contribution in [0.15, 0.2) is 77.7 Å². The van der Waals surface area contributed by atoms with Gasteiger partial charge in [0.25, 0.3) is 5.91 Å². The first-order valence-corrected chi connectivity index (χ1v) is 9.90. The zero-order chi connectivity index (χ0) is 19.1. The number of hydrogen-bond donors (Lipinski definition) is 1. The first-order valence-electron chi connectivity index (χ1n) is 8.91. The van der Waals surface area contributed by atoms with Crippen molar-refractivity contribution < 1.29 is 9.53 Å². The molecule has 0 aliphatic rings. The molecule has 1 N–H and O–H groups in total. The van der Waals surface area contributed by atoms with Crippen LogP contribution in [-0.2, 0) is 0 Å². The first-order chi connectivity index (χ1) is 13.1. The van der Waals surface area contributed by atoms with Crippen LogP contribution < -0.4 is 10.1 Å². The van der Waals surface area contributed by atoms with E-state index in [4.69, 9.17) is 4.74 Å². The van der Waals surface area contributed by atoms with Crippen molar-refractivity contribution in [3.8, 4) is 5.75 Å². The monoisotopic (exact) mass is 377 g/mol. The number of amides is 1. The van der Waals surface area contributed by atoms with Gasteiger partial charge in [-0.1, -0.05) is 30.3 Å². The zero-order valence-electron chi connectivity index (χ0n) is 15.6. The van der Waals surface area contributed by atoms with Crippen LogP contribution in [0.4, 0.5) is 5.69 Å². The van der Waals surface area contributed by atoms with Crippen molar-refractivity contribution in [2.45, 2.75) is 18.7 Å². The number of benzene rings is 3. The van der Waals surface area contributed by atoms with Gasteiger partial charge in [0.15, 0.2) is 0 Å². The standard InChI is InChI=1S/C23H23NO2S/c1-17-8-9-18(2)22(16-17)24-23(25)19-10-12-20(13-11-19)26-14-15-27-21-6-4-3-5-7-21/h3-13,16H,14-15H2,1-2H3,(H,24,25). The average Bonchev–Trinajstić information content (AvgIpc) is 2.69. The Hall–Kier alpha value is -2.72. The second-order valence-electron chi connectivity index (χ2n) is 6.31. The van der Waals surface area contributed by atoms with Gasteiger partial charge in [0, 0.05) is 21.9 Å². The summed E-state index contributed by atoms with van der Waals surface area (Å²) in [6.45, 7) is 4.62. The van der Waals surface area contributed by atoms with Crippen LogP contribution >= 0.6 is 11.8 Å².